The molecule has 2 aliphatic rings. The van der Waals surface area contributed by atoms with Gasteiger partial charge in [-0.3, -0.25) is 0 Å². The maximum Gasteiger partial charge on any atom is 0.0165 e. The molecule has 0 amide bonds. The van der Waals surface area contributed by atoms with Crippen molar-refractivity contribution in [1.29, 1.82) is 0 Å². The topological polar surface area (TPSA) is 22.2 Å². The van der Waals surface area contributed by atoms with Crippen molar-refractivity contribution in [3.05, 3.63) is 104 Å². The van der Waals surface area contributed by atoms with Crippen LogP contribution in [0.3, 0.4) is 0 Å². The van der Waals surface area contributed by atoms with Crippen LogP contribution in [0, 0.1) is 25.5 Å². The monoisotopic (exact) mass is 570 g/mol. The van der Waals surface area contributed by atoms with Gasteiger partial charge >= 0.3 is 0 Å². The number of para-hydroxylation sites is 1. The van der Waals surface area contributed by atoms with Gasteiger partial charge in [-0.2, -0.15) is 25.5 Å². The molecule has 3 aromatic rings. The summed E-state index contributed by atoms with van der Waals surface area (Å²) in [7, 11) is 2.11. The first-order valence-electron chi connectivity index (χ1n) is 11.9. The van der Waals surface area contributed by atoms with Crippen molar-refractivity contribution in [3.63, 3.8) is 0 Å². The summed E-state index contributed by atoms with van der Waals surface area (Å²) in [6, 6.07) is 27.3. The molecule has 0 aliphatic carbocycles. The zero-order chi connectivity index (χ0) is 24.8. The van der Waals surface area contributed by atoms with E-state index in [0.29, 0.717) is 11.5 Å². The van der Waals surface area contributed by atoms with Gasteiger partial charge in [0.05, 0.1) is 0 Å². The molecule has 5 rings (SSSR count). The Kier molecular flexibility index (Phi) is 7.26. The molecule has 36 heavy (non-hydrogen) atoms. The van der Waals surface area contributed by atoms with Gasteiger partial charge in [0, 0.05) is 48.7 Å². The molecule has 6 heteroatoms. The summed E-state index contributed by atoms with van der Waals surface area (Å²) in [6.07, 6.45) is 4.11. The van der Waals surface area contributed by atoms with Crippen molar-refractivity contribution in [1.82, 2.24) is 9.80 Å². The second-order valence-corrected chi connectivity index (χ2v) is 10.5. The van der Waals surface area contributed by atoms with Crippen LogP contribution in [0.1, 0.15) is 40.2 Å². The molecule has 0 fully saturated rings. The molecule has 0 aromatic heterocycles. The molecule has 0 N–H and O–H groups in total. The first kappa shape index (κ1) is 26.3. The Balaban J connectivity index is 0.00000304. The minimum atomic E-state index is -0.0970. The van der Waals surface area contributed by atoms with Crippen LogP contribution in [0.4, 0.5) is 17.1 Å². The van der Waals surface area contributed by atoms with E-state index in [1.54, 1.807) is 0 Å². The van der Waals surface area contributed by atoms with Crippen molar-refractivity contribution >= 4 is 17.1 Å². The fourth-order valence-electron chi connectivity index (χ4n) is 4.26. The summed E-state index contributed by atoms with van der Waals surface area (Å²) in [5.41, 5.74) is 4.18. The third-order valence-corrected chi connectivity index (χ3v) is 6.67. The average molecular weight is 571 g/mol. The van der Waals surface area contributed by atoms with E-state index in [1.165, 1.54) is 5.56 Å². The number of hydrogen-bond donors (Lipinski definition) is 0. The molecule has 3 aromatic carbocycles. The summed E-state index contributed by atoms with van der Waals surface area (Å²) in [5.74, 6) is 1.29. The third-order valence-electron chi connectivity index (χ3n) is 6.67. The first-order chi connectivity index (χ1) is 16.6. The molecule has 2 aliphatic heterocycles. The van der Waals surface area contributed by atoms with Crippen molar-refractivity contribution in [2.24, 2.45) is 0 Å². The predicted octanol–water partition coefficient (Wildman–Crippen LogP) is 7.03. The number of ether oxygens (including phenoxy) is 1. The quantitative estimate of drug-likeness (QED) is 0.247. The predicted molar refractivity (Wildman–Crippen MR) is 142 cm³/mol. The molecule has 0 saturated carbocycles. The molecule has 0 bridgehead atoms. The molecular weight excluding hydrogens is 539 g/mol. The van der Waals surface area contributed by atoms with Gasteiger partial charge in [0.1, 0.15) is 0 Å². The second kappa shape index (κ2) is 9.94. The number of hydrogen-bond acceptors (Lipinski definition) is 5. The van der Waals surface area contributed by atoms with Crippen molar-refractivity contribution in [2.75, 3.05) is 16.8 Å². The summed E-state index contributed by atoms with van der Waals surface area (Å²) < 4.78 is 6.22. The van der Waals surface area contributed by atoms with Crippen LogP contribution in [0.15, 0.2) is 73.1 Å². The molecular formula is C30H32N4OPd-4. The van der Waals surface area contributed by atoms with Crippen LogP contribution in [-0.4, -0.2) is 22.4 Å². The van der Waals surface area contributed by atoms with E-state index < -0.39 is 0 Å². The summed E-state index contributed by atoms with van der Waals surface area (Å²) >= 11 is 0. The van der Waals surface area contributed by atoms with E-state index in [2.05, 4.69) is 123 Å². The van der Waals surface area contributed by atoms with Gasteiger partial charge in [-0.25, -0.2) is 0 Å². The van der Waals surface area contributed by atoms with Crippen LogP contribution in [0.2, 0.25) is 0 Å². The van der Waals surface area contributed by atoms with Crippen molar-refractivity contribution in [2.45, 2.75) is 45.7 Å². The molecule has 0 radical (unpaired) electrons. The number of rotatable bonds is 4. The Hall–Kier alpha value is -2.78. The Labute approximate surface area is 229 Å². The molecule has 0 atom stereocenters. The van der Waals surface area contributed by atoms with E-state index in [-0.39, 0.29) is 31.5 Å². The smallest absolute Gasteiger partial charge is 0.0165 e. The maximum atomic E-state index is 6.22. The fraction of sp³-hybridized carbons (Fsp3) is 0.267. The van der Waals surface area contributed by atoms with Gasteiger partial charge in [0.2, 0.25) is 0 Å². The fourth-order valence-corrected chi connectivity index (χ4v) is 4.26. The van der Waals surface area contributed by atoms with Gasteiger partial charge in [-0.1, -0.05) is 18.2 Å². The summed E-state index contributed by atoms with van der Waals surface area (Å²) in [6.45, 7) is 15.2. The normalized spacial score (nSPS) is 17.1. The van der Waals surface area contributed by atoms with Crippen LogP contribution in [0.5, 0.6) is 11.5 Å². The van der Waals surface area contributed by atoms with Crippen LogP contribution in [-0.2, 0) is 26.0 Å². The molecule has 192 valence electrons. The van der Waals surface area contributed by atoms with Crippen LogP contribution >= 0.6 is 0 Å². The summed E-state index contributed by atoms with van der Waals surface area (Å²) in [4.78, 5) is 8.62. The Morgan fingerprint density at radius 1 is 0.806 bits per heavy atom. The molecule has 0 spiro atoms. The molecule has 0 unspecified atom stereocenters. The Morgan fingerprint density at radius 2 is 1.44 bits per heavy atom. The van der Waals surface area contributed by atoms with E-state index in [0.717, 1.165) is 17.1 Å². The van der Waals surface area contributed by atoms with Crippen LogP contribution in [0.25, 0.3) is 0 Å². The zero-order valence-electron chi connectivity index (χ0n) is 21.6. The number of anilines is 3. The average Bonchev–Trinajstić information content (AvgIpc) is 3.33. The zero-order valence-corrected chi connectivity index (χ0v) is 23.2. The minimum absolute atomic E-state index is 0. The SMILES string of the molecule is CN1[CH-]N(c2[c-]c(Oc3[c-]c(N4C=CN(C(C)(C)C)[CH-]4)ccc3)ccc2)c2ccccc2C1(C)C.[Pd]. The molecule has 5 nitrogen and oxygen atoms in total. The first-order valence-corrected chi connectivity index (χ1v) is 11.9. The van der Waals surface area contributed by atoms with Gasteiger partial charge < -0.3 is 24.3 Å². The van der Waals surface area contributed by atoms with Crippen LogP contribution < -0.4 is 14.5 Å². The van der Waals surface area contributed by atoms with E-state index in [4.69, 9.17) is 4.74 Å². The minimum Gasteiger partial charge on any atom is -0.509 e. The molecule has 2 heterocycles. The van der Waals surface area contributed by atoms with Gasteiger partial charge in [-0.15, -0.1) is 47.8 Å². The number of nitrogens with zero attached hydrogens (tertiary/aromatic N) is 4. The summed E-state index contributed by atoms with van der Waals surface area (Å²) in [5, 5.41) is 0. The maximum absolute atomic E-state index is 6.22. The largest absolute Gasteiger partial charge is 0.509 e. The Morgan fingerprint density at radius 3 is 2.11 bits per heavy atom. The number of benzene rings is 3. The van der Waals surface area contributed by atoms with Crippen molar-refractivity contribution in [3.8, 4) is 11.5 Å². The van der Waals surface area contributed by atoms with E-state index in [9.17, 15) is 0 Å². The van der Waals surface area contributed by atoms with E-state index >= 15 is 0 Å². The van der Waals surface area contributed by atoms with E-state index in [1.807, 2.05) is 36.5 Å². The second-order valence-electron chi connectivity index (χ2n) is 10.5. The van der Waals surface area contributed by atoms with Gasteiger partial charge in [-0.05, 0) is 65.7 Å². The van der Waals surface area contributed by atoms with Gasteiger partial charge in [0.15, 0.2) is 0 Å². The Bertz CT molecular complexity index is 1250. The molecule has 0 saturated heterocycles. The standard InChI is InChI=1S/C30H32N4O.Pd/c1-29(2,3)33-18-17-32(22-33)23-11-9-13-25(19-23)35-26-14-10-12-24(20-26)34-21-31(6)30(4,5)27-15-7-8-16-28(27)34;/h7-18,21-22H,1-6H3;/q-4;. The van der Waals surface area contributed by atoms with Crippen molar-refractivity contribution < 1.29 is 25.2 Å². The van der Waals surface area contributed by atoms with Gasteiger partial charge in [0.25, 0.3) is 0 Å². The number of fused-ring (bicyclic) bond motifs is 1. The third kappa shape index (κ3) is 5.04.